The average molecular weight is 363 g/mol. The van der Waals surface area contributed by atoms with E-state index in [0.717, 1.165) is 17.5 Å². The Bertz CT molecular complexity index is 560. The third-order valence-electron chi connectivity index (χ3n) is 5.84. The van der Waals surface area contributed by atoms with Gasteiger partial charge in [-0.25, -0.2) is 0 Å². The SMILES string of the molecule is O=C(CC12CC3CC(CC(Br)(C3)C1)C2)NCc1ccccn1. The van der Waals surface area contributed by atoms with E-state index in [1.165, 1.54) is 38.5 Å². The highest BCUT2D eigenvalue weighted by Gasteiger charge is 2.57. The molecule has 2 unspecified atom stereocenters. The fraction of sp³-hybridized carbons (Fsp3) is 0.667. The molecular weight excluding hydrogens is 340 g/mol. The number of pyridine rings is 1. The van der Waals surface area contributed by atoms with Crippen molar-refractivity contribution < 1.29 is 4.79 Å². The summed E-state index contributed by atoms with van der Waals surface area (Å²) in [5.41, 5.74) is 1.18. The fourth-order valence-electron chi connectivity index (χ4n) is 5.64. The van der Waals surface area contributed by atoms with E-state index < -0.39 is 0 Å². The average Bonchev–Trinajstić information content (AvgIpc) is 2.43. The maximum absolute atomic E-state index is 12.5. The van der Waals surface area contributed by atoms with Gasteiger partial charge in [0, 0.05) is 16.9 Å². The van der Waals surface area contributed by atoms with Gasteiger partial charge in [0.2, 0.25) is 5.91 Å². The number of hydrogen-bond donors (Lipinski definition) is 1. The zero-order valence-corrected chi connectivity index (χ0v) is 14.4. The predicted molar refractivity (Wildman–Crippen MR) is 89.5 cm³/mol. The van der Waals surface area contributed by atoms with E-state index in [2.05, 4.69) is 26.2 Å². The molecule has 1 heterocycles. The molecule has 4 saturated carbocycles. The largest absolute Gasteiger partial charge is 0.350 e. The van der Waals surface area contributed by atoms with Crippen molar-refractivity contribution in [1.29, 1.82) is 0 Å². The molecule has 0 aromatic carbocycles. The van der Waals surface area contributed by atoms with Gasteiger partial charge in [0.05, 0.1) is 12.2 Å². The summed E-state index contributed by atoms with van der Waals surface area (Å²) in [4.78, 5) is 16.7. The first-order valence-corrected chi connectivity index (χ1v) is 9.19. The van der Waals surface area contributed by atoms with E-state index in [1.807, 2.05) is 18.2 Å². The van der Waals surface area contributed by atoms with E-state index in [-0.39, 0.29) is 11.3 Å². The van der Waals surface area contributed by atoms with Gasteiger partial charge in [-0.05, 0) is 67.9 Å². The van der Waals surface area contributed by atoms with Gasteiger partial charge in [-0.2, -0.15) is 0 Å². The van der Waals surface area contributed by atoms with Crippen LogP contribution in [0.3, 0.4) is 0 Å². The molecule has 1 N–H and O–H groups in total. The Morgan fingerprint density at radius 1 is 1.27 bits per heavy atom. The molecule has 3 nitrogen and oxygen atoms in total. The highest BCUT2D eigenvalue weighted by Crippen LogP contribution is 2.65. The van der Waals surface area contributed by atoms with Crippen LogP contribution in [0.15, 0.2) is 24.4 Å². The molecule has 1 aromatic heterocycles. The molecule has 4 fully saturated rings. The standard InChI is InChI=1S/C18H23BrN2O/c19-18-8-13-5-14(9-18)7-17(6-13,12-18)10-16(22)21-11-15-3-1-2-4-20-15/h1-4,13-14H,5-12H2,(H,21,22). The number of halogens is 1. The zero-order chi connectivity index (χ0) is 15.2. The van der Waals surface area contributed by atoms with Gasteiger partial charge in [0.15, 0.2) is 0 Å². The van der Waals surface area contributed by atoms with Crippen molar-refractivity contribution in [2.75, 3.05) is 0 Å². The Labute approximate surface area is 140 Å². The number of nitrogens with zero attached hydrogens (tertiary/aromatic N) is 1. The molecule has 1 amide bonds. The van der Waals surface area contributed by atoms with Crippen molar-refractivity contribution in [2.24, 2.45) is 17.3 Å². The summed E-state index contributed by atoms with van der Waals surface area (Å²) in [6.45, 7) is 0.544. The predicted octanol–water partition coefficient (Wildman–Crippen LogP) is 3.82. The minimum atomic E-state index is 0.198. The Morgan fingerprint density at radius 3 is 2.68 bits per heavy atom. The van der Waals surface area contributed by atoms with E-state index in [4.69, 9.17) is 0 Å². The fourth-order valence-corrected chi connectivity index (χ4v) is 7.15. The maximum Gasteiger partial charge on any atom is 0.220 e. The molecule has 2 atom stereocenters. The highest BCUT2D eigenvalue weighted by molar-refractivity contribution is 9.10. The molecule has 0 saturated heterocycles. The van der Waals surface area contributed by atoms with Gasteiger partial charge in [0.1, 0.15) is 0 Å². The minimum absolute atomic E-state index is 0.198. The summed E-state index contributed by atoms with van der Waals surface area (Å²) in [7, 11) is 0. The van der Waals surface area contributed by atoms with Gasteiger partial charge in [-0.3, -0.25) is 9.78 Å². The van der Waals surface area contributed by atoms with Crippen LogP contribution >= 0.6 is 15.9 Å². The van der Waals surface area contributed by atoms with Crippen LogP contribution in [-0.4, -0.2) is 15.2 Å². The summed E-state index contributed by atoms with van der Waals surface area (Å²) < 4.78 is 0.332. The lowest BCUT2D eigenvalue weighted by molar-refractivity contribution is -0.128. The van der Waals surface area contributed by atoms with E-state index in [1.54, 1.807) is 6.20 Å². The summed E-state index contributed by atoms with van der Waals surface area (Å²) in [5, 5.41) is 3.07. The number of rotatable bonds is 4. The third-order valence-corrected chi connectivity index (χ3v) is 6.77. The van der Waals surface area contributed by atoms with Crippen molar-refractivity contribution >= 4 is 21.8 Å². The van der Waals surface area contributed by atoms with Gasteiger partial charge >= 0.3 is 0 Å². The number of amides is 1. The first-order chi connectivity index (χ1) is 10.5. The Hall–Kier alpha value is -0.900. The molecule has 1 aromatic rings. The number of carbonyl (C=O) groups is 1. The summed E-state index contributed by atoms with van der Waals surface area (Å²) >= 11 is 4.02. The Morgan fingerprint density at radius 2 is 2.05 bits per heavy atom. The molecule has 4 bridgehead atoms. The van der Waals surface area contributed by atoms with Crippen LogP contribution in [0.5, 0.6) is 0 Å². The molecule has 0 spiro atoms. The highest BCUT2D eigenvalue weighted by atomic mass is 79.9. The first kappa shape index (κ1) is 14.7. The quantitative estimate of drug-likeness (QED) is 0.827. The lowest BCUT2D eigenvalue weighted by atomic mass is 9.48. The molecular formula is C18H23BrN2O. The lowest BCUT2D eigenvalue weighted by Gasteiger charge is -2.60. The van der Waals surface area contributed by atoms with Crippen LogP contribution in [-0.2, 0) is 11.3 Å². The van der Waals surface area contributed by atoms with Crippen molar-refractivity contribution in [2.45, 2.75) is 55.8 Å². The molecule has 0 radical (unpaired) electrons. The minimum Gasteiger partial charge on any atom is -0.350 e. The maximum atomic E-state index is 12.5. The van der Waals surface area contributed by atoms with Crippen LogP contribution in [0.2, 0.25) is 0 Å². The lowest BCUT2D eigenvalue weighted by Crippen LogP contribution is -2.54. The Kier molecular flexibility index (Phi) is 3.55. The molecule has 5 rings (SSSR count). The molecule has 4 heteroatoms. The van der Waals surface area contributed by atoms with Crippen molar-refractivity contribution in [1.82, 2.24) is 10.3 Å². The van der Waals surface area contributed by atoms with E-state index >= 15 is 0 Å². The van der Waals surface area contributed by atoms with E-state index in [9.17, 15) is 4.79 Å². The van der Waals surface area contributed by atoms with Crippen LogP contribution in [0, 0.1) is 17.3 Å². The summed E-state index contributed by atoms with van der Waals surface area (Å²) in [6, 6.07) is 5.82. The Balaban J connectivity index is 1.39. The van der Waals surface area contributed by atoms with Crippen molar-refractivity contribution in [3.8, 4) is 0 Å². The molecule has 4 aliphatic carbocycles. The molecule has 4 aliphatic rings. The molecule has 0 aliphatic heterocycles. The molecule has 22 heavy (non-hydrogen) atoms. The van der Waals surface area contributed by atoms with Gasteiger partial charge in [0.25, 0.3) is 0 Å². The second-order valence-electron chi connectivity index (χ2n) is 7.89. The van der Waals surface area contributed by atoms with Crippen LogP contribution < -0.4 is 5.32 Å². The topological polar surface area (TPSA) is 42.0 Å². The number of aromatic nitrogens is 1. The second kappa shape index (κ2) is 5.33. The monoisotopic (exact) mass is 362 g/mol. The van der Waals surface area contributed by atoms with Gasteiger partial charge in [-0.1, -0.05) is 22.0 Å². The number of hydrogen-bond acceptors (Lipinski definition) is 2. The summed E-state index contributed by atoms with van der Waals surface area (Å²) in [5.74, 6) is 1.87. The van der Waals surface area contributed by atoms with E-state index in [0.29, 0.717) is 17.3 Å². The van der Waals surface area contributed by atoms with Crippen molar-refractivity contribution in [3.63, 3.8) is 0 Å². The smallest absolute Gasteiger partial charge is 0.220 e. The zero-order valence-electron chi connectivity index (χ0n) is 12.9. The van der Waals surface area contributed by atoms with Gasteiger partial charge in [-0.15, -0.1) is 0 Å². The van der Waals surface area contributed by atoms with Crippen molar-refractivity contribution in [3.05, 3.63) is 30.1 Å². The number of alkyl halides is 1. The first-order valence-electron chi connectivity index (χ1n) is 8.40. The van der Waals surface area contributed by atoms with Crippen LogP contribution in [0.25, 0.3) is 0 Å². The molecule has 118 valence electrons. The second-order valence-corrected chi connectivity index (χ2v) is 9.57. The van der Waals surface area contributed by atoms with Crippen LogP contribution in [0.4, 0.5) is 0 Å². The van der Waals surface area contributed by atoms with Gasteiger partial charge < -0.3 is 5.32 Å². The number of carbonyl (C=O) groups excluding carboxylic acids is 1. The normalized spacial score (nSPS) is 39.0. The van der Waals surface area contributed by atoms with Crippen LogP contribution in [0.1, 0.15) is 50.6 Å². The third kappa shape index (κ3) is 2.82. The summed E-state index contributed by atoms with van der Waals surface area (Å²) in [6.07, 6.45) is 10.2. The number of nitrogens with one attached hydrogen (secondary N) is 1.